The molecule has 10 heteroatoms. The summed E-state index contributed by atoms with van der Waals surface area (Å²) in [7, 11) is 0. The number of rotatable bonds is 7. The van der Waals surface area contributed by atoms with Crippen LogP contribution in [0.5, 0.6) is 0 Å². The molecule has 0 fully saturated rings. The zero-order valence-electron chi connectivity index (χ0n) is 14.0. The Hall–Kier alpha value is -2.85. The van der Waals surface area contributed by atoms with E-state index in [1.807, 2.05) is 12.1 Å². The van der Waals surface area contributed by atoms with Crippen molar-refractivity contribution in [2.24, 2.45) is 0 Å². The molecule has 0 unspecified atom stereocenters. The SMILES string of the molecule is O=C(NCCNc1ccc(C(=O)Nc2nncs2)cn1)c1cccc(Br)c1. The van der Waals surface area contributed by atoms with Crippen LogP contribution >= 0.6 is 27.3 Å². The molecule has 0 saturated carbocycles. The third kappa shape index (κ3) is 5.56. The Morgan fingerprint density at radius 1 is 1.07 bits per heavy atom. The average molecular weight is 447 g/mol. The molecule has 27 heavy (non-hydrogen) atoms. The Morgan fingerprint density at radius 2 is 1.96 bits per heavy atom. The molecule has 3 N–H and O–H groups in total. The number of anilines is 2. The van der Waals surface area contributed by atoms with Gasteiger partial charge in [0, 0.05) is 29.3 Å². The van der Waals surface area contributed by atoms with Gasteiger partial charge < -0.3 is 10.6 Å². The minimum absolute atomic E-state index is 0.144. The van der Waals surface area contributed by atoms with E-state index in [1.54, 1.807) is 24.3 Å². The van der Waals surface area contributed by atoms with Gasteiger partial charge in [0.2, 0.25) is 5.13 Å². The lowest BCUT2D eigenvalue weighted by Crippen LogP contribution is -2.28. The number of nitrogens with zero attached hydrogens (tertiary/aromatic N) is 3. The zero-order valence-corrected chi connectivity index (χ0v) is 16.4. The Kier molecular flexibility index (Phi) is 6.44. The Morgan fingerprint density at radius 3 is 2.67 bits per heavy atom. The molecule has 2 aromatic heterocycles. The van der Waals surface area contributed by atoms with E-state index in [1.165, 1.54) is 23.0 Å². The van der Waals surface area contributed by atoms with E-state index in [0.717, 1.165) is 4.47 Å². The highest BCUT2D eigenvalue weighted by molar-refractivity contribution is 9.10. The van der Waals surface area contributed by atoms with Crippen LogP contribution in [0.15, 0.2) is 52.6 Å². The summed E-state index contributed by atoms with van der Waals surface area (Å²) in [5.41, 5.74) is 2.54. The number of pyridine rings is 1. The standard InChI is InChI=1S/C17H15BrN6O2S/c18-13-3-1-2-11(8-13)15(25)20-7-6-19-14-5-4-12(9-21-14)16(26)23-17-24-22-10-27-17/h1-5,8-10H,6-7H2,(H,19,21)(H,20,25)(H,23,24,26). The van der Waals surface area contributed by atoms with E-state index in [9.17, 15) is 9.59 Å². The summed E-state index contributed by atoms with van der Waals surface area (Å²) in [4.78, 5) is 28.3. The van der Waals surface area contributed by atoms with Crippen molar-refractivity contribution < 1.29 is 9.59 Å². The molecule has 0 bridgehead atoms. The van der Waals surface area contributed by atoms with Crippen LogP contribution in [0.25, 0.3) is 0 Å². The number of aromatic nitrogens is 3. The van der Waals surface area contributed by atoms with E-state index in [0.29, 0.717) is 35.2 Å². The van der Waals surface area contributed by atoms with Gasteiger partial charge in [-0.25, -0.2) is 4.98 Å². The number of hydrogen-bond donors (Lipinski definition) is 3. The molecule has 0 aliphatic carbocycles. The molecule has 0 radical (unpaired) electrons. The molecule has 0 atom stereocenters. The largest absolute Gasteiger partial charge is 0.368 e. The summed E-state index contributed by atoms with van der Waals surface area (Å²) in [6, 6.07) is 10.5. The van der Waals surface area contributed by atoms with Gasteiger partial charge in [-0.1, -0.05) is 33.3 Å². The molecule has 0 aliphatic heterocycles. The highest BCUT2D eigenvalue weighted by Gasteiger charge is 2.09. The van der Waals surface area contributed by atoms with Gasteiger partial charge in [-0.2, -0.15) is 0 Å². The van der Waals surface area contributed by atoms with Crippen molar-refractivity contribution >= 4 is 50.0 Å². The summed E-state index contributed by atoms with van der Waals surface area (Å²) in [6.07, 6.45) is 1.47. The lowest BCUT2D eigenvalue weighted by Gasteiger charge is -2.08. The van der Waals surface area contributed by atoms with Crippen molar-refractivity contribution in [1.29, 1.82) is 0 Å². The van der Waals surface area contributed by atoms with Gasteiger partial charge in [-0.05, 0) is 30.3 Å². The Labute approximate surface area is 167 Å². The van der Waals surface area contributed by atoms with Gasteiger partial charge >= 0.3 is 0 Å². The fourth-order valence-corrected chi connectivity index (χ4v) is 2.97. The first-order valence-corrected chi connectivity index (χ1v) is 9.60. The molecule has 3 rings (SSSR count). The fraction of sp³-hybridized carbons (Fsp3) is 0.118. The monoisotopic (exact) mass is 446 g/mol. The molecule has 0 spiro atoms. The first-order chi connectivity index (χ1) is 13.1. The number of nitrogens with one attached hydrogen (secondary N) is 3. The molecule has 0 aliphatic rings. The second kappa shape index (κ2) is 9.19. The second-order valence-corrected chi connectivity index (χ2v) is 7.07. The van der Waals surface area contributed by atoms with E-state index in [-0.39, 0.29) is 11.8 Å². The van der Waals surface area contributed by atoms with Crippen molar-refractivity contribution in [1.82, 2.24) is 20.5 Å². The van der Waals surface area contributed by atoms with Crippen LogP contribution in [0.3, 0.4) is 0 Å². The minimum atomic E-state index is -0.299. The van der Waals surface area contributed by atoms with Crippen molar-refractivity contribution in [3.63, 3.8) is 0 Å². The van der Waals surface area contributed by atoms with Gasteiger partial charge in [-0.15, -0.1) is 10.2 Å². The highest BCUT2D eigenvalue weighted by atomic mass is 79.9. The molecule has 2 heterocycles. The van der Waals surface area contributed by atoms with Crippen LogP contribution in [-0.2, 0) is 0 Å². The lowest BCUT2D eigenvalue weighted by molar-refractivity contribution is 0.0954. The van der Waals surface area contributed by atoms with Crippen molar-refractivity contribution in [2.45, 2.75) is 0 Å². The lowest BCUT2D eigenvalue weighted by atomic mass is 10.2. The smallest absolute Gasteiger partial charge is 0.259 e. The molecule has 8 nitrogen and oxygen atoms in total. The number of halogens is 1. The molecule has 0 saturated heterocycles. The maximum atomic E-state index is 12.0. The van der Waals surface area contributed by atoms with Crippen LogP contribution < -0.4 is 16.0 Å². The van der Waals surface area contributed by atoms with Crippen LogP contribution in [0, 0.1) is 0 Å². The van der Waals surface area contributed by atoms with Crippen LogP contribution in [0.2, 0.25) is 0 Å². The number of hydrogen-bond acceptors (Lipinski definition) is 7. The van der Waals surface area contributed by atoms with Gasteiger partial charge in [0.25, 0.3) is 11.8 Å². The average Bonchev–Trinajstić information content (AvgIpc) is 3.18. The number of carbonyl (C=O) groups excluding carboxylic acids is 2. The molecular formula is C17H15BrN6O2S. The molecule has 138 valence electrons. The fourth-order valence-electron chi connectivity index (χ4n) is 2.13. The van der Waals surface area contributed by atoms with E-state index in [4.69, 9.17) is 0 Å². The number of carbonyl (C=O) groups is 2. The minimum Gasteiger partial charge on any atom is -0.368 e. The molecule has 3 aromatic rings. The predicted octanol–water partition coefficient (Wildman–Crippen LogP) is 2.79. The van der Waals surface area contributed by atoms with Crippen molar-refractivity contribution in [2.75, 3.05) is 23.7 Å². The van der Waals surface area contributed by atoms with Crippen molar-refractivity contribution in [3.8, 4) is 0 Å². The summed E-state index contributed by atoms with van der Waals surface area (Å²) in [6.45, 7) is 0.940. The maximum Gasteiger partial charge on any atom is 0.259 e. The summed E-state index contributed by atoms with van der Waals surface area (Å²) >= 11 is 4.58. The zero-order chi connectivity index (χ0) is 19.1. The first kappa shape index (κ1) is 18.9. The van der Waals surface area contributed by atoms with Crippen LogP contribution in [-0.4, -0.2) is 40.1 Å². The van der Waals surface area contributed by atoms with Crippen molar-refractivity contribution in [3.05, 3.63) is 63.7 Å². The summed E-state index contributed by atoms with van der Waals surface area (Å²) < 4.78 is 0.854. The highest BCUT2D eigenvalue weighted by Crippen LogP contribution is 2.12. The maximum absolute atomic E-state index is 12.0. The van der Waals surface area contributed by atoms with E-state index in [2.05, 4.69) is 47.1 Å². The molecular weight excluding hydrogens is 432 g/mol. The Bertz CT molecular complexity index is 917. The van der Waals surface area contributed by atoms with E-state index < -0.39 is 0 Å². The van der Waals surface area contributed by atoms with Gasteiger partial charge in [0.1, 0.15) is 11.3 Å². The van der Waals surface area contributed by atoms with Crippen LogP contribution in [0.1, 0.15) is 20.7 Å². The first-order valence-electron chi connectivity index (χ1n) is 7.93. The normalized spacial score (nSPS) is 10.3. The molecule has 2 amide bonds. The number of benzene rings is 1. The quantitative estimate of drug-likeness (QED) is 0.481. The topological polar surface area (TPSA) is 109 Å². The second-order valence-electron chi connectivity index (χ2n) is 5.32. The Balaban J connectivity index is 1.43. The van der Waals surface area contributed by atoms with Crippen LogP contribution in [0.4, 0.5) is 10.9 Å². The third-order valence-electron chi connectivity index (χ3n) is 3.41. The third-order valence-corrected chi connectivity index (χ3v) is 4.51. The van der Waals surface area contributed by atoms with E-state index >= 15 is 0 Å². The van der Waals surface area contributed by atoms with Gasteiger partial charge in [0.15, 0.2) is 0 Å². The van der Waals surface area contributed by atoms with Gasteiger partial charge in [-0.3, -0.25) is 14.9 Å². The summed E-state index contributed by atoms with van der Waals surface area (Å²) in [5.74, 6) is 0.168. The number of amides is 2. The van der Waals surface area contributed by atoms with Gasteiger partial charge in [0.05, 0.1) is 5.56 Å². The molecule has 1 aromatic carbocycles. The predicted molar refractivity (Wildman–Crippen MR) is 107 cm³/mol. The summed E-state index contributed by atoms with van der Waals surface area (Å²) in [5, 5.41) is 16.4.